The van der Waals surface area contributed by atoms with Gasteiger partial charge in [-0.2, -0.15) is 0 Å². The summed E-state index contributed by atoms with van der Waals surface area (Å²) in [7, 11) is 0. The molecule has 1 N–H and O–H groups in total. The molecule has 136 valence electrons. The van der Waals surface area contributed by atoms with Crippen molar-refractivity contribution in [2.45, 2.75) is 36.8 Å². The Kier molecular flexibility index (Phi) is 5.09. The zero-order chi connectivity index (χ0) is 18.1. The van der Waals surface area contributed by atoms with Gasteiger partial charge in [-0.1, -0.05) is 23.7 Å². The van der Waals surface area contributed by atoms with Crippen LogP contribution in [0, 0.1) is 11.8 Å². The lowest BCUT2D eigenvalue weighted by Gasteiger charge is -2.10. The number of aromatic nitrogens is 1. The van der Waals surface area contributed by atoms with Crippen molar-refractivity contribution in [3.05, 3.63) is 52.7 Å². The molecule has 26 heavy (non-hydrogen) atoms. The molecule has 0 radical (unpaired) electrons. The van der Waals surface area contributed by atoms with E-state index in [-0.39, 0.29) is 11.8 Å². The predicted octanol–water partition coefficient (Wildman–Crippen LogP) is 5.00. The first-order valence-corrected chi connectivity index (χ1v) is 10.2. The summed E-state index contributed by atoms with van der Waals surface area (Å²) in [5, 5.41) is 10.6. The van der Waals surface area contributed by atoms with E-state index in [9.17, 15) is 4.79 Å². The molecule has 2 unspecified atom stereocenters. The zero-order valence-electron chi connectivity index (χ0n) is 14.2. The lowest BCUT2D eigenvalue weighted by molar-refractivity contribution is -0.138. The van der Waals surface area contributed by atoms with Gasteiger partial charge in [0.2, 0.25) is 0 Å². The van der Waals surface area contributed by atoms with Gasteiger partial charge in [-0.05, 0) is 60.9 Å². The van der Waals surface area contributed by atoms with Gasteiger partial charge < -0.3 is 9.84 Å². The average molecular weight is 390 g/mol. The molecule has 6 heteroatoms. The lowest BCUT2D eigenvalue weighted by Crippen LogP contribution is -2.01. The molecule has 1 aromatic carbocycles. The van der Waals surface area contributed by atoms with Crippen molar-refractivity contribution in [3.63, 3.8) is 0 Å². The molecule has 2 aliphatic carbocycles. The van der Waals surface area contributed by atoms with Gasteiger partial charge in [-0.15, -0.1) is 11.8 Å². The largest absolute Gasteiger partial charge is 0.486 e. The molecule has 4 rings (SSSR count). The molecule has 0 aliphatic heterocycles. The van der Waals surface area contributed by atoms with Crippen LogP contribution in [-0.4, -0.2) is 21.8 Å². The van der Waals surface area contributed by atoms with Crippen LogP contribution < -0.4 is 4.74 Å². The Hall–Kier alpha value is -1.72. The molecule has 2 atom stereocenters. The summed E-state index contributed by atoms with van der Waals surface area (Å²) in [6.45, 7) is 0.359. The van der Waals surface area contributed by atoms with Crippen molar-refractivity contribution >= 4 is 29.3 Å². The van der Waals surface area contributed by atoms with Gasteiger partial charge in [0.05, 0.1) is 21.7 Å². The van der Waals surface area contributed by atoms with E-state index in [0.717, 1.165) is 28.0 Å². The van der Waals surface area contributed by atoms with Crippen LogP contribution in [0.15, 0.2) is 41.4 Å². The molecule has 0 amide bonds. The highest BCUT2D eigenvalue weighted by atomic mass is 35.5. The predicted molar refractivity (Wildman–Crippen MR) is 102 cm³/mol. The van der Waals surface area contributed by atoms with Gasteiger partial charge in [-0.25, -0.2) is 4.98 Å². The zero-order valence-corrected chi connectivity index (χ0v) is 15.8. The molecule has 1 aromatic heterocycles. The smallest absolute Gasteiger partial charge is 0.307 e. The molecule has 0 spiro atoms. The van der Waals surface area contributed by atoms with Crippen molar-refractivity contribution in [1.82, 2.24) is 4.98 Å². The van der Waals surface area contributed by atoms with Gasteiger partial charge in [0.15, 0.2) is 0 Å². The number of aliphatic carboxylic acids is 1. The number of carbonyl (C=O) groups is 1. The molecule has 0 bridgehead atoms. The van der Waals surface area contributed by atoms with Crippen LogP contribution in [0.5, 0.6) is 5.75 Å². The normalized spacial score (nSPS) is 21.4. The maximum absolute atomic E-state index is 11.0. The number of benzene rings is 1. The standard InChI is InChI=1S/C20H20ClNO3S/c21-17-8-13(15-9-16(15)20(23)24)6-7-18(17)25-10-14-2-1-3-19(22-14)26-11-12-4-5-12/h1-3,6-8,12,15-16H,4-5,9-11H2,(H,23,24). The summed E-state index contributed by atoms with van der Waals surface area (Å²) in [4.78, 5) is 15.6. The first-order chi connectivity index (χ1) is 12.6. The maximum Gasteiger partial charge on any atom is 0.307 e. The second-order valence-electron chi connectivity index (χ2n) is 6.99. The Bertz CT molecular complexity index is 824. The van der Waals surface area contributed by atoms with Gasteiger partial charge in [-0.3, -0.25) is 4.79 Å². The second-order valence-corrected chi connectivity index (χ2v) is 8.43. The number of hydrogen-bond acceptors (Lipinski definition) is 4. The molecular formula is C20H20ClNO3S. The second kappa shape index (κ2) is 7.49. The SMILES string of the molecule is O=C(O)C1CC1c1ccc(OCc2cccc(SCC3CC3)n2)c(Cl)c1. The fraction of sp³-hybridized carbons (Fsp3) is 0.400. The molecular weight excluding hydrogens is 370 g/mol. The maximum atomic E-state index is 11.0. The van der Waals surface area contributed by atoms with Gasteiger partial charge >= 0.3 is 5.97 Å². The highest BCUT2D eigenvalue weighted by Crippen LogP contribution is 2.48. The molecule has 2 aromatic rings. The van der Waals surface area contributed by atoms with Gasteiger partial charge in [0.25, 0.3) is 0 Å². The third-order valence-electron chi connectivity index (χ3n) is 4.81. The van der Waals surface area contributed by atoms with E-state index in [1.165, 1.54) is 12.8 Å². The van der Waals surface area contributed by atoms with Crippen LogP contribution >= 0.6 is 23.4 Å². The quantitative estimate of drug-likeness (QED) is 0.643. The van der Waals surface area contributed by atoms with E-state index < -0.39 is 5.97 Å². The number of nitrogens with zero attached hydrogens (tertiary/aromatic N) is 1. The third-order valence-corrected chi connectivity index (χ3v) is 6.27. The molecule has 2 fully saturated rings. The number of rotatable bonds is 8. The van der Waals surface area contributed by atoms with Crippen molar-refractivity contribution in [2.75, 3.05) is 5.75 Å². The Morgan fingerprint density at radius 1 is 1.31 bits per heavy atom. The van der Waals surface area contributed by atoms with Crippen molar-refractivity contribution < 1.29 is 14.6 Å². The van der Waals surface area contributed by atoms with E-state index >= 15 is 0 Å². The van der Waals surface area contributed by atoms with Crippen LogP contribution in [0.3, 0.4) is 0 Å². The summed E-state index contributed by atoms with van der Waals surface area (Å²) >= 11 is 8.12. The van der Waals surface area contributed by atoms with E-state index in [1.807, 2.05) is 36.4 Å². The van der Waals surface area contributed by atoms with E-state index in [1.54, 1.807) is 11.8 Å². The molecule has 4 nitrogen and oxygen atoms in total. The topological polar surface area (TPSA) is 59.4 Å². The van der Waals surface area contributed by atoms with Gasteiger partial charge in [0.1, 0.15) is 12.4 Å². The highest BCUT2D eigenvalue weighted by Gasteiger charge is 2.44. The monoisotopic (exact) mass is 389 g/mol. The number of halogens is 1. The molecule has 0 saturated heterocycles. The summed E-state index contributed by atoms with van der Waals surface area (Å²) in [5.41, 5.74) is 1.84. The fourth-order valence-corrected chi connectivity index (χ4v) is 4.30. The van der Waals surface area contributed by atoms with Crippen molar-refractivity contribution in [2.24, 2.45) is 11.8 Å². The van der Waals surface area contributed by atoms with E-state index in [4.69, 9.17) is 21.4 Å². The Labute approximate surface area is 161 Å². The minimum Gasteiger partial charge on any atom is -0.486 e. The Morgan fingerprint density at radius 2 is 2.15 bits per heavy atom. The molecule has 1 heterocycles. The third kappa shape index (κ3) is 4.33. The van der Waals surface area contributed by atoms with Crippen molar-refractivity contribution in [3.8, 4) is 5.75 Å². The van der Waals surface area contributed by atoms with Crippen LogP contribution in [0.2, 0.25) is 5.02 Å². The van der Waals surface area contributed by atoms with Crippen LogP contribution in [0.4, 0.5) is 0 Å². The Balaban J connectivity index is 1.35. The summed E-state index contributed by atoms with van der Waals surface area (Å²) in [5.74, 6) is 1.66. The summed E-state index contributed by atoms with van der Waals surface area (Å²) < 4.78 is 5.83. The minimum atomic E-state index is -0.739. The van der Waals surface area contributed by atoms with Gasteiger partial charge in [0, 0.05) is 5.75 Å². The van der Waals surface area contributed by atoms with Crippen LogP contribution in [0.1, 0.15) is 36.4 Å². The number of pyridine rings is 1. The van der Waals surface area contributed by atoms with E-state index in [0.29, 0.717) is 23.8 Å². The van der Waals surface area contributed by atoms with Crippen LogP contribution in [0.25, 0.3) is 0 Å². The highest BCUT2D eigenvalue weighted by molar-refractivity contribution is 7.99. The summed E-state index contributed by atoms with van der Waals surface area (Å²) in [6.07, 6.45) is 3.37. The number of ether oxygens (including phenoxy) is 1. The molecule has 2 saturated carbocycles. The number of hydrogen-bond donors (Lipinski definition) is 1. The number of thioether (sulfide) groups is 1. The first-order valence-electron chi connectivity index (χ1n) is 8.84. The first kappa shape index (κ1) is 17.7. The molecule has 2 aliphatic rings. The average Bonchev–Trinajstić information content (AvgIpc) is 3.53. The lowest BCUT2D eigenvalue weighted by atomic mass is 10.1. The number of carboxylic acids is 1. The van der Waals surface area contributed by atoms with Crippen LogP contribution in [-0.2, 0) is 11.4 Å². The van der Waals surface area contributed by atoms with E-state index in [2.05, 4.69) is 4.98 Å². The fourth-order valence-electron chi connectivity index (χ4n) is 2.96. The summed E-state index contributed by atoms with van der Waals surface area (Å²) in [6, 6.07) is 11.5. The Morgan fingerprint density at radius 3 is 2.85 bits per heavy atom. The van der Waals surface area contributed by atoms with Crippen molar-refractivity contribution in [1.29, 1.82) is 0 Å². The minimum absolute atomic E-state index is 0.0703. The number of carboxylic acid groups (broad SMARTS) is 1.